The third kappa shape index (κ3) is 2.09. The fraction of sp³-hybridized carbons (Fsp3) is 0.143. The average Bonchev–Trinajstić information content (AvgIpc) is 2.28. The molecule has 2 heteroatoms. The number of aryl methyl sites for hydroxylation is 2. The first-order valence-corrected chi connectivity index (χ1v) is 5.15. The van der Waals surface area contributed by atoms with E-state index >= 15 is 0 Å². The standard InChI is InChI=1S/C14H12N2/c1-10-6-14(7-11(2)16-10)13-5-3-4-12(8-13)9-15/h3-8H,1-2H3. The molecule has 2 rings (SSSR count). The summed E-state index contributed by atoms with van der Waals surface area (Å²) in [5.74, 6) is 0. The second-order valence-corrected chi connectivity index (χ2v) is 3.83. The Bertz CT molecular complexity index is 545. The van der Waals surface area contributed by atoms with Gasteiger partial charge in [0.25, 0.3) is 0 Å². The van der Waals surface area contributed by atoms with Crippen molar-refractivity contribution in [1.29, 1.82) is 5.26 Å². The fourth-order valence-electron chi connectivity index (χ4n) is 1.77. The molecule has 1 heterocycles. The lowest BCUT2D eigenvalue weighted by Gasteiger charge is -2.04. The smallest absolute Gasteiger partial charge is 0.0991 e. The number of aromatic nitrogens is 1. The van der Waals surface area contributed by atoms with Crippen LogP contribution in [-0.2, 0) is 0 Å². The summed E-state index contributed by atoms with van der Waals surface area (Å²) >= 11 is 0. The van der Waals surface area contributed by atoms with E-state index in [-0.39, 0.29) is 0 Å². The van der Waals surface area contributed by atoms with Crippen LogP contribution in [0.4, 0.5) is 0 Å². The number of nitrogens with zero attached hydrogens (tertiary/aromatic N) is 2. The van der Waals surface area contributed by atoms with E-state index in [1.54, 1.807) is 0 Å². The van der Waals surface area contributed by atoms with Crippen LogP contribution in [0.25, 0.3) is 11.1 Å². The van der Waals surface area contributed by atoms with Gasteiger partial charge in [-0.2, -0.15) is 5.26 Å². The second-order valence-electron chi connectivity index (χ2n) is 3.83. The summed E-state index contributed by atoms with van der Waals surface area (Å²) in [6, 6.07) is 13.8. The molecule has 0 saturated heterocycles. The van der Waals surface area contributed by atoms with Gasteiger partial charge in [-0.05, 0) is 49.2 Å². The third-order valence-electron chi connectivity index (χ3n) is 2.41. The molecule has 0 amide bonds. The molecule has 1 aromatic heterocycles. The van der Waals surface area contributed by atoms with Crippen molar-refractivity contribution in [3.05, 3.63) is 53.3 Å². The summed E-state index contributed by atoms with van der Waals surface area (Å²) in [6.45, 7) is 3.95. The van der Waals surface area contributed by atoms with Crippen LogP contribution in [-0.4, -0.2) is 4.98 Å². The van der Waals surface area contributed by atoms with Crippen molar-refractivity contribution in [1.82, 2.24) is 4.98 Å². The van der Waals surface area contributed by atoms with E-state index < -0.39 is 0 Å². The molecule has 0 fully saturated rings. The van der Waals surface area contributed by atoms with Gasteiger partial charge in [-0.25, -0.2) is 0 Å². The first-order valence-electron chi connectivity index (χ1n) is 5.15. The van der Waals surface area contributed by atoms with Gasteiger partial charge in [-0.1, -0.05) is 12.1 Å². The molecule has 0 radical (unpaired) electrons. The molecule has 0 aliphatic carbocycles. The summed E-state index contributed by atoms with van der Waals surface area (Å²) in [7, 11) is 0. The van der Waals surface area contributed by atoms with Gasteiger partial charge < -0.3 is 0 Å². The quantitative estimate of drug-likeness (QED) is 0.721. The monoisotopic (exact) mass is 208 g/mol. The van der Waals surface area contributed by atoms with Crippen LogP contribution in [0.3, 0.4) is 0 Å². The molecule has 78 valence electrons. The van der Waals surface area contributed by atoms with Gasteiger partial charge >= 0.3 is 0 Å². The highest BCUT2D eigenvalue weighted by atomic mass is 14.7. The van der Waals surface area contributed by atoms with Crippen LogP contribution in [0.2, 0.25) is 0 Å². The van der Waals surface area contributed by atoms with Crippen molar-refractivity contribution < 1.29 is 0 Å². The number of hydrogen-bond acceptors (Lipinski definition) is 2. The van der Waals surface area contributed by atoms with Gasteiger partial charge in [0.15, 0.2) is 0 Å². The number of pyridine rings is 1. The first kappa shape index (κ1) is 10.4. The number of nitriles is 1. The highest BCUT2D eigenvalue weighted by molar-refractivity contribution is 5.65. The number of hydrogen-bond donors (Lipinski definition) is 0. The number of rotatable bonds is 1. The second kappa shape index (κ2) is 4.16. The Morgan fingerprint density at radius 1 is 1.00 bits per heavy atom. The molecule has 0 aliphatic rings. The minimum Gasteiger partial charge on any atom is -0.258 e. The minimum absolute atomic E-state index is 0.685. The van der Waals surface area contributed by atoms with E-state index in [0.717, 1.165) is 22.5 Å². The summed E-state index contributed by atoms with van der Waals surface area (Å²) < 4.78 is 0. The normalized spacial score (nSPS) is 9.81. The number of benzene rings is 1. The van der Waals surface area contributed by atoms with Gasteiger partial charge in [0.05, 0.1) is 11.6 Å². The zero-order valence-corrected chi connectivity index (χ0v) is 9.36. The first-order chi connectivity index (χ1) is 7.69. The minimum atomic E-state index is 0.685. The van der Waals surface area contributed by atoms with E-state index in [1.165, 1.54) is 0 Å². The van der Waals surface area contributed by atoms with Crippen LogP contribution >= 0.6 is 0 Å². The van der Waals surface area contributed by atoms with E-state index in [9.17, 15) is 0 Å². The lowest BCUT2D eigenvalue weighted by atomic mass is 10.0. The summed E-state index contributed by atoms with van der Waals surface area (Å²) in [5, 5.41) is 8.86. The van der Waals surface area contributed by atoms with Crippen molar-refractivity contribution in [2.75, 3.05) is 0 Å². The van der Waals surface area contributed by atoms with Crippen LogP contribution < -0.4 is 0 Å². The average molecular weight is 208 g/mol. The van der Waals surface area contributed by atoms with Gasteiger partial charge in [-0.15, -0.1) is 0 Å². The maximum Gasteiger partial charge on any atom is 0.0991 e. The molecule has 0 aliphatic heterocycles. The maximum absolute atomic E-state index is 8.86. The van der Waals surface area contributed by atoms with Gasteiger partial charge in [0.1, 0.15) is 0 Å². The van der Waals surface area contributed by atoms with Gasteiger partial charge in [0, 0.05) is 11.4 Å². The van der Waals surface area contributed by atoms with Crippen molar-refractivity contribution in [3.8, 4) is 17.2 Å². The van der Waals surface area contributed by atoms with Crippen LogP contribution in [0, 0.1) is 25.2 Å². The Morgan fingerprint density at radius 3 is 2.31 bits per heavy atom. The molecule has 0 saturated carbocycles. The van der Waals surface area contributed by atoms with Gasteiger partial charge in [-0.3, -0.25) is 4.98 Å². The zero-order valence-electron chi connectivity index (χ0n) is 9.36. The summed E-state index contributed by atoms with van der Waals surface area (Å²) in [4.78, 5) is 4.34. The lowest BCUT2D eigenvalue weighted by molar-refractivity contribution is 1.12. The van der Waals surface area contributed by atoms with E-state index in [0.29, 0.717) is 5.56 Å². The molecular formula is C14H12N2. The van der Waals surface area contributed by atoms with Crippen LogP contribution in [0.1, 0.15) is 17.0 Å². The Labute approximate surface area is 95.2 Å². The molecule has 0 unspecified atom stereocenters. The van der Waals surface area contributed by atoms with E-state index in [2.05, 4.69) is 11.1 Å². The van der Waals surface area contributed by atoms with Crippen molar-refractivity contribution in [2.45, 2.75) is 13.8 Å². The zero-order chi connectivity index (χ0) is 11.5. The molecule has 0 atom stereocenters. The van der Waals surface area contributed by atoms with Crippen LogP contribution in [0.15, 0.2) is 36.4 Å². The third-order valence-corrected chi connectivity index (χ3v) is 2.41. The summed E-state index contributed by atoms with van der Waals surface area (Å²) in [5.41, 5.74) is 4.86. The van der Waals surface area contributed by atoms with E-state index in [4.69, 9.17) is 5.26 Å². The molecule has 16 heavy (non-hydrogen) atoms. The van der Waals surface area contributed by atoms with E-state index in [1.807, 2.05) is 50.2 Å². The molecular weight excluding hydrogens is 196 g/mol. The molecule has 2 nitrogen and oxygen atoms in total. The van der Waals surface area contributed by atoms with Crippen molar-refractivity contribution >= 4 is 0 Å². The van der Waals surface area contributed by atoms with Crippen molar-refractivity contribution in [3.63, 3.8) is 0 Å². The molecule has 2 aromatic rings. The van der Waals surface area contributed by atoms with Gasteiger partial charge in [0.2, 0.25) is 0 Å². The topological polar surface area (TPSA) is 36.7 Å². The molecule has 0 spiro atoms. The summed E-state index contributed by atoms with van der Waals surface area (Å²) in [6.07, 6.45) is 0. The maximum atomic E-state index is 8.86. The highest BCUT2D eigenvalue weighted by Gasteiger charge is 2.01. The molecule has 0 N–H and O–H groups in total. The SMILES string of the molecule is Cc1cc(-c2cccc(C#N)c2)cc(C)n1. The Kier molecular flexibility index (Phi) is 2.70. The highest BCUT2D eigenvalue weighted by Crippen LogP contribution is 2.21. The molecule has 1 aromatic carbocycles. The Hall–Kier alpha value is -2.14. The largest absolute Gasteiger partial charge is 0.258 e. The predicted molar refractivity (Wildman–Crippen MR) is 63.9 cm³/mol. The van der Waals surface area contributed by atoms with Crippen molar-refractivity contribution in [2.24, 2.45) is 0 Å². The Balaban J connectivity index is 2.54. The Morgan fingerprint density at radius 2 is 1.69 bits per heavy atom. The van der Waals surface area contributed by atoms with Crippen LogP contribution in [0.5, 0.6) is 0 Å². The lowest BCUT2D eigenvalue weighted by Crippen LogP contribution is -1.88. The predicted octanol–water partition coefficient (Wildman–Crippen LogP) is 3.24. The molecule has 0 bridgehead atoms. The fourth-order valence-corrected chi connectivity index (χ4v) is 1.77.